The number of hydrogen-bond donors (Lipinski definition) is 0. The highest BCUT2D eigenvalue weighted by Gasteiger charge is 2.19. The van der Waals surface area contributed by atoms with E-state index in [-0.39, 0.29) is 37.5 Å². The second kappa shape index (κ2) is 69.0. The molecule has 0 aliphatic heterocycles. The maximum absolute atomic E-state index is 12.9. The van der Waals surface area contributed by atoms with Gasteiger partial charge in [-0.05, 0) is 154 Å². The maximum atomic E-state index is 12.9. The van der Waals surface area contributed by atoms with Gasteiger partial charge in [-0.1, -0.05) is 274 Å². The van der Waals surface area contributed by atoms with Crippen molar-refractivity contribution in [2.24, 2.45) is 0 Å². The highest BCUT2D eigenvalue weighted by atomic mass is 16.6. The fourth-order valence-electron chi connectivity index (χ4n) is 8.46. The Kier molecular flexibility index (Phi) is 64.4. The summed E-state index contributed by atoms with van der Waals surface area (Å²) in [6.07, 6.45) is 103. The van der Waals surface area contributed by atoms with Crippen LogP contribution in [0.2, 0.25) is 0 Å². The molecule has 0 amide bonds. The smallest absolute Gasteiger partial charge is 0.306 e. The average Bonchev–Trinajstić information content (AvgIpc) is 3.49. The molecular formula is C77H120O6. The average molecular weight is 1140 g/mol. The minimum Gasteiger partial charge on any atom is -0.462 e. The summed E-state index contributed by atoms with van der Waals surface area (Å²) in [7, 11) is 0. The van der Waals surface area contributed by atoms with Crippen molar-refractivity contribution in [2.75, 3.05) is 13.2 Å². The monoisotopic (exact) mass is 1140 g/mol. The van der Waals surface area contributed by atoms with Crippen molar-refractivity contribution in [2.45, 2.75) is 271 Å². The zero-order valence-corrected chi connectivity index (χ0v) is 53.1. The van der Waals surface area contributed by atoms with Crippen LogP contribution in [0.15, 0.2) is 182 Å². The molecule has 0 aliphatic rings. The van der Waals surface area contributed by atoms with Crippen molar-refractivity contribution in [1.29, 1.82) is 0 Å². The molecular weight excluding hydrogens is 1020 g/mol. The van der Waals surface area contributed by atoms with Gasteiger partial charge in [0.25, 0.3) is 0 Å². The lowest BCUT2D eigenvalue weighted by atomic mass is 10.1. The Bertz CT molecular complexity index is 1940. The van der Waals surface area contributed by atoms with Gasteiger partial charge in [0.2, 0.25) is 0 Å². The number of unbranched alkanes of at least 4 members (excludes halogenated alkanes) is 17. The van der Waals surface area contributed by atoms with E-state index in [1.54, 1.807) is 0 Å². The van der Waals surface area contributed by atoms with E-state index in [1.807, 2.05) is 0 Å². The molecule has 0 aromatic rings. The molecule has 1 unspecified atom stereocenters. The Hall–Kier alpha value is -5.49. The van der Waals surface area contributed by atoms with Crippen molar-refractivity contribution in [3.63, 3.8) is 0 Å². The Morgan fingerprint density at radius 1 is 0.253 bits per heavy atom. The summed E-state index contributed by atoms with van der Waals surface area (Å²) < 4.78 is 16.9. The van der Waals surface area contributed by atoms with Crippen LogP contribution in [0.5, 0.6) is 0 Å². The lowest BCUT2D eigenvalue weighted by Crippen LogP contribution is -2.30. The molecule has 0 aromatic heterocycles. The molecule has 0 saturated carbocycles. The third-order valence-corrected chi connectivity index (χ3v) is 13.4. The molecule has 0 N–H and O–H groups in total. The standard InChI is InChI=1S/C77H120O6/c1-4-7-10-13-16-19-22-25-27-29-30-31-32-33-34-35-36-37-38-39-40-41-42-43-44-45-46-48-49-52-55-58-61-64-67-70-76(79)82-73-74(72-81-75(78)69-66-63-60-57-54-51-24-21-18-15-12-9-6-3)83-77(80)71-68-65-62-59-56-53-50-47-28-26-23-20-17-14-11-8-5-2/h7-8,10-12,15-17,19-21,24-28,30-31,33-34,36-37,39-40,42-43,45-46,50,53,74H,4-6,9,13-14,18,22-23,29,32,35,38,41,44,47-49,51-52,54-73H2,1-3H3/b10-7-,11-8-,15-12-,19-16-,20-17-,24-21-,27-25-,28-26-,31-30-,34-33-,37-36-,40-39-,43-42-,46-45-,53-50-. The number of rotatable bonds is 58. The summed E-state index contributed by atoms with van der Waals surface area (Å²) >= 11 is 0. The van der Waals surface area contributed by atoms with Gasteiger partial charge in [0.05, 0.1) is 0 Å². The topological polar surface area (TPSA) is 78.9 Å². The van der Waals surface area contributed by atoms with Gasteiger partial charge in [0, 0.05) is 19.3 Å². The molecule has 0 saturated heterocycles. The minimum absolute atomic E-state index is 0.106. The van der Waals surface area contributed by atoms with Crippen molar-refractivity contribution in [1.82, 2.24) is 0 Å². The van der Waals surface area contributed by atoms with Gasteiger partial charge in [0.15, 0.2) is 6.10 Å². The Balaban J connectivity index is 4.34. The normalized spacial score (nSPS) is 13.3. The summed E-state index contributed by atoms with van der Waals surface area (Å²) in [5.41, 5.74) is 0. The van der Waals surface area contributed by atoms with Crippen LogP contribution in [0, 0.1) is 0 Å². The van der Waals surface area contributed by atoms with Crippen molar-refractivity contribution in [3.05, 3.63) is 182 Å². The van der Waals surface area contributed by atoms with E-state index in [9.17, 15) is 14.4 Å². The van der Waals surface area contributed by atoms with Crippen molar-refractivity contribution >= 4 is 17.9 Å². The van der Waals surface area contributed by atoms with Gasteiger partial charge in [-0.3, -0.25) is 14.4 Å². The van der Waals surface area contributed by atoms with Crippen LogP contribution in [0.25, 0.3) is 0 Å². The van der Waals surface area contributed by atoms with Gasteiger partial charge in [-0.25, -0.2) is 0 Å². The van der Waals surface area contributed by atoms with Crippen LogP contribution in [-0.4, -0.2) is 37.2 Å². The Labute approximate surface area is 510 Å². The number of carbonyl (C=O) groups is 3. The number of allylic oxidation sites excluding steroid dienone is 30. The summed E-state index contributed by atoms with van der Waals surface area (Å²) in [5, 5.41) is 0. The number of carbonyl (C=O) groups excluding carboxylic acids is 3. The lowest BCUT2D eigenvalue weighted by Gasteiger charge is -2.18. The number of ether oxygens (including phenoxy) is 3. The summed E-state index contributed by atoms with van der Waals surface area (Å²) in [6, 6.07) is 0. The van der Waals surface area contributed by atoms with E-state index in [4.69, 9.17) is 14.2 Å². The molecule has 0 rings (SSSR count). The summed E-state index contributed by atoms with van der Waals surface area (Å²) in [4.78, 5) is 38.3. The quantitative estimate of drug-likeness (QED) is 0.0261. The molecule has 6 heteroatoms. The molecule has 1 atom stereocenters. The Morgan fingerprint density at radius 3 is 0.735 bits per heavy atom. The highest BCUT2D eigenvalue weighted by molar-refractivity contribution is 5.71. The zero-order chi connectivity index (χ0) is 59.9. The van der Waals surface area contributed by atoms with Crippen LogP contribution in [-0.2, 0) is 28.6 Å². The lowest BCUT2D eigenvalue weighted by molar-refractivity contribution is -0.167. The molecule has 0 aliphatic carbocycles. The van der Waals surface area contributed by atoms with E-state index in [1.165, 1.54) is 32.1 Å². The van der Waals surface area contributed by atoms with Crippen LogP contribution in [0.4, 0.5) is 0 Å². The molecule has 6 nitrogen and oxygen atoms in total. The van der Waals surface area contributed by atoms with Crippen LogP contribution < -0.4 is 0 Å². The van der Waals surface area contributed by atoms with Gasteiger partial charge >= 0.3 is 17.9 Å². The second-order valence-corrected chi connectivity index (χ2v) is 21.3. The van der Waals surface area contributed by atoms with Crippen LogP contribution in [0.3, 0.4) is 0 Å². The van der Waals surface area contributed by atoms with Crippen LogP contribution in [0.1, 0.15) is 265 Å². The van der Waals surface area contributed by atoms with Gasteiger partial charge in [-0.2, -0.15) is 0 Å². The predicted molar refractivity (Wildman–Crippen MR) is 361 cm³/mol. The minimum atomic E-state index is -0.812. The molecule has 0 radical (unpaired) electrons. The first-order valence-electron chi connectivity index (χ1n) is 33.3. The molecule has 0 bridgehead atoms. The van der Waals surface area contributed by atoms with Crippen molar-refractivity contribution in [3.8, 4) is 0 Å². The molecule has 0 heterocycles. The van der Waals surface area contributed by atoms with E-state index < -0.39 is 6.10 Å². The first kappa shape index (κ1) is 77.5. The maximum Gasteiger partial charge on any atom is 0.306 e. The second-order valence-electron chi connectivity index (χ2n) is 21.3. The fourth-order valence-corrected chi connectivity index (χ4v) is 8.46. The fraction of sp³-hybridized carbons (Fsp3) is 0.571. The largest absolute Gasteiger partial charge is 0.462 e. The number of hydrogen-bond acceptors (Lipinski definition) is 6. The highest BCUT2D eigenvalue weighted by Crippen LogP contribution is 2.14. The number of esters is 3. The Morgan fingerprint density at radius 2 is 0.470 bits per heavy atom. The van der Waals surface area contributed by atoms with E-state index in [0.717, 1.165) is 193 Å². The summed E-state index contributed by atoms with van der Waals surface area (Å²) in [5.74, 6) is -0.961. The van der Waals surface area contributed by atoms with Gasteiger partial charge in [-0.15, -0.1) is 0 Å². The first-order valence-corrected chi connectivity index (χ1v) is 33.3. The van der Waals surface area contributed by atoms with Gasteiger partial charge < -0.3 is 14.2 Å². The predicted octanol–water partition coefficient (Wildman–Crippen LogP) is 23.2. The van der Waals surface area contributed by atoms with E-state index >= 15 is 0 Å². The third-order valence-electron chi connectivity index (χ3n) is 13.4. The molecule has 83 heavy (non-hydrogen) atoms. The third kappa shape index (κ3) is 67.2. The van der Waals surface area contributed by atoms with Gasteiger partial charge in [0.1, 0.15) is 13.2 Å². The SMILES string of the molecule is CC/C=C\C/C=C\C/C=C\C/C=C\C/C=C\C/C=C\C/C=C\C/C=C\C/C=C\CCCCCCCCCC(=O)OCC(COC(=O)CCCCCCC/C=C\C/C=C\CCC)OC(=O)CCCCCC/C=C\C/C=C\C/C=C\C/C=C\CC. The zero-order valence-electron chi connectivity index (χ0n) is 53.1. The van der Waals surface area contributed by atoms with Crippen LogP contribution >= 0.6 is 0 Å². The summed E-state index contributed by atoms with van der Waals surface area (Å²) in [6.45, 7) is 6.30. The molecule has 0 fully saturated rings. The van der Waals surface area contributed by atoms with E-state index in [0.29, 0.717) is 12.8 Å². The van der Waals surface area contributed by atoms with Crippen molar-refractivity contribution < 1.29 is 28.6 Å². The molecule has 464 valence electrons. The first-order chi connectivity index (χ1) is 41.0. The van der Waals surface area contributed by atoms with E-state index in [2.05, 4.69) is 203 Å². The molecule has 0 spiro atoms. The molecule has 0 aromatic carbocycles.